The summed E-state index contributed by atoms with van der Waals surface area (Å²) in [6, 6.07) is 3.07. The Kier molecular flexibility index (Phi) is 13.9. The summed E-state index contributed by atoms with van der Waals surface area (Å²) in [6.45, 7) is 10.0. The van der Waals surface area contributed by atoms with Gasteiger partial charge in [-0.15, -0.1) is 0 Å². The number of amides is 5. The highest BCUT2D eigenvalue weighted by Crippen LogP contribution is 2.21. The highest BCUT2D eigenvalue weighted by atomic mass is 16.5. The molecule has 3 atom stereocenters. The predicted octanol–water partition coefficient (Wildman–Crippen LogP) is 2.33. The quantitative estimate of drug-likeness (QED) is 0.114. The highest BCUT2D eigenvalue weighted by Gasteiger charge is 2.30. The van der Waals surface area contributed by atoms with Crippen LogP contribution in [0.3, 0.4) is 0 Å². The van der Waals surface area contributed by atoms with Crippen molar-refractivity contribution in [3.05, 3.63) is 41.5 Å². The fourth-order valence-corrected chi connectivity index (χ4v) is 4.33. The number of anilines is 1. The van der Waals surface area contributed by atoms with Gasteiger partial charge in [0.15, 0.2) is 0 Å². The molecule has 0 radical (unpaired) electrons. The lowest BCUT2D eigenvalue weighted by Gasteiger charge is -2.24. The zero-order valence-corrected chi connectivity index (χ0v) is 26.7. The van der Waals surface area contributed by atoms with Gasteiger partial charge < -0.3 is 25.8 Å². The van der Waals surface area contributed by atoms with Crippen LogP contribution in [-0.4, -0.2) is 70.1 Å². The van der Waals surface area contributed by atoms with Crippen molar-refractivity contribution in [1.82, 2.24) is 15.5 Å². The fourth-order valence-electron chi connectivity index (χ4n) is 4.33. The van der Waals surface area contributed by atoms with E-state index in [1.54, 1.807) is 39.0 Å². The monoisotopic (exact) mass is 628 g/mol. The van der Waals surface area contributed by atoms with Crippen LogP contribution in [0.4, 0.5) is 5.69 Å². The van der Waals surface area contributed by atoms with Gasteiger partial charge in [0.1, 0.15) is 25.2 Å². The SMILES string of the molecule is CC(C)C(C)C(=O)OCc1ccc(NC(=O)[C@H](C)NC(=O)[C@@H](NC(=O)CN2C(=O)C=CC2=O)C(C)C)cc1CCCCC(=O)O. The number of hydrogen-bond acceptors (Lipinski definition) is 8. The van der Waals surface area contributed by atoms with Crippen LogP contribution in [0.1, 0.15) is 71.9 Å². The van der Waals surface area contributed by atoms with Crippen LogP contribution in [0.2, 0.25) is 0 Å². The number of carboxylic acids is 1. The molecule has 2 rings (SSSR count). The summed E-state index contributed by atoms with van der Waals surface area (Å²) >= 11 is 0. The summed E-state index contributed by atoms with van der Waals surface area (Å²) in [5.74, 6) is -4.85. The van der Waals surface area contributed by atoms with Crippen molar-refractivity contribution in [2.75, 3.05) is 11.9 Å². The maximum absolute atomic E-state index is 13.0. The Morgan fingerprint density at radius 1 is 0.844 bits per heavy atom. The van der Waals surface area contributed by atoms with Gasteiger partial charge >= 0.3 is 11.9 Å². The molecule has 13 heteroatoms. The van der Waals surface area contributed by atoms with Gasteiger partial charge in [0.2, 0.25) is 17.7 Å². The van der Waals surface area contributed by atoms with Gasteiger partial charge in [-0.2, -0.15) is 0 Å². The van der Waals surface area contributed by atoms with Crippen molar-refractivity contribution < 1.29 is 43.4 Å². The molecule has 1 unspecified atom stereocenters. The minimum absolute atomic E-state index is 0.0212. The van der Waals surface area contributed by atoms with E-state index >= 15 is 0 Å². The van der Waals surface area contributed by atoms with Gasteiger partial charge in [-0.1, -0.05) is 40.7 Å². The van der Waals surface area contributed by atoms with E-state index in [2.05, 4.69) is 16.0 Å². The molecule has 0 spiro atoms. The standard InChI is InChI=1S/C32H44N4O9/c1-18(2)20(5)32(44)45-17-23-11-12-24(15-22(23)9-7-8-10-28(40)41)34-30(42)21(6)33-31(43)29(19(3)4)35-25(37)16-36-26(38)13-14-27(36)39/h11-15,18-21,29H,7-10,16-17H2,1-6H3,(H,33,43)(H,34,42)(H,35,37)(H,40,41)/t20?,21-,29-/m0/s1. The van der Waals surface area contributed by atoms with E-state index in [0.29, 0.717) is 24.9 Å². The summed E-state index contributed by atoms with van der Waals surface area (Å²) in [5.41, 5.74) is 1.95. The summed E-state index contributed by atoms with van der Waals surface area (Å²) in [6.07, 6.45) is 3.65. The first kappa shape index (κ1) is 36.6. The molecule has 5 amide bonds. The average Bonchev–Trinajstić information content (AvgIpc) is 3.28. The molecule has 0 saturated carbocycles. The third-order valence-corrected chi connectivity index (χ3v) is 7.52. The molecule has 1 aliphatic rings. The van der Waals surface area contributed by atoms with Crippen LogP contribution in [0.15, 0.2) is 30.4 Å². The van der Waals surface area contributed by atoms with Crippen molar-refractivity contribution in [1.29, 1.82) is 0 Å². The number of benzene rings is 1. The van der Waals surface area contributed by atoms with E-state index in [4.69, 9.17) is 9.84 Å². The molecular formula is C32H44N4O9. The summed E-state index contributed by atoms with van der Waals surface area (Å²) in [5, 5.41) is 16.8. The molecule has 1 aromatic carbocycles. The van der Waals surface area contributed by atoms with Gasteiger partial charge in [0, 0.05) is 24.3 Å². The van der Waals surface area contributed by atoms with Crippen LogP contribution < -0.4 is 16.0 Å². The second kappa shape index (κ2) is 17.1. The summed E-state index contributed by atoms with van der Waals surface area (Å²) in [4.78, 5) is 86.1. The van der Waals surface area contributed by atoms with Crippen LogP contribution in [0, 0.1) is 17.8 Å². The average molecular weight is 629 g/mol. The number of unbranched alkanes of at least 4 members (excludes halogenated alkanes) is 1. The second-order valence-electron chi connectivity index (χ2n) is 11.8. The zero-order valence-electron chi connectivity index (χ0n) is 26.7. The Balaban J connectivity index is 2.06. The van der Waals surface area contributed by atoms with E-state index in [1.807, 2.05) is 13.8 Å². The Morgan fingerprint density at radius 3 is 2.07 bits per heavy atom. The van der Waals surface area contributed by atoms with Crippen LogP contribution >= 0.6 is 0 Å². The number of ether oxygens (including phenoxy) is 1. The Bertz CT molecular complexity index is 1300. The molecule has 45 heavy (non-hydrogen) atoms. The number of carboxylic acid groups (broad SMARTS) is 1. The van der Waals surface area contributed by atoms with E-state index in [-0.39, 0.29) is 36.8 Å². The largest absolute Gasteiger partial charge is 0.481 e. The summed E-state index contributed by atoms with van der Waals surface area (Å²) in [7, 11) is 0. The molecule has 1 heterocycles. The normalized spacial score (nSPS) is 14.7. The van der Waals surface area contributed by atoms with E-state index in [0.717, 1.165) is 28.2 Å². The van der Waals surface area contributed by atoms with Crippen molar-refractivity contribution >= 4 is 47.2 Å². The molecule has 1 aromatic rings. The Hall–Kier alpha value is -4.55. The number of aliphatic carboxylic acids is 1. The lowest BCUT2D eigenvalue weighted by Crippen LogP contribution is -2.55. The van der Waals surface area contributed by atoms with Crippen molar-refractivity contribution in [2.24, 2.45) is 17.8 Å². The molecule has 246 valence electrons. The van der Waals surface area contributed by atoms with Gasteiger partial charge in [-0.25, -0.2) is 0 Å². The molecule has 4 N–H and O–H groups in total. The number of hydrogen-bond donors (Lipinski definition) is 4. The number of rotatable bonds is 17. The number of esters is 1. The third kappa shape index (κ3) is 11.5. The Morgan fingerprint density at radius 2 is 1.49 bits per heavy atom. The first-order valence-corrected chi connectivity index (χ1v) is 15.0. The molecule has 0 saturated heterocycles. The molecule has 0 bridgehead atoms. The van der Waals surface area contributed by atoms with Crippen molar-refractivity contribution in [3.63, 3.8) is 0 Å². The number of aryl methyl sites for hydroxylation is 1. The molecular weight excluding hydrogens is 584 g/mol. The lowest BCUT2D eigenvalue weighted by molar-refractivity contribution is -0.150. The maximum atomic E-state index is 13.0. The van der Waals surface area contributed by atoms with E-state index < -0.39 is 54.1 Å². The van der Waals surface area contributed by atoms with Crippen LogP contribution in [-0.2, 0) is 51.3 Å². The van der Waals surface area contributed by atoms with Crippen LogP contribution in [0.5, 0.6) is 0 Å². The molecule has 13 nitrogen and oxygen atoms in total. The van der Waals surface area contributed by atoms with Crippen molar-refractivity contribution in [3.8, 4) is 0 Å². The van der Waals surface area contributed by atoms with Crippen molar-refractivity contribution in [2.45, 2.75) is 85.9 Å². The van der Waals surface area contributed by atoms with Gasteiger partial charge in [-0.05, 0) is 61.3 Å². The van der Waals surface area contributed by atoms with Gasteiger partial charge in [-0.3, -0.25) is 38.5 Å². The smallest absolute Gasteiger partial charge is 0.309 e. The van der Waals surface area contributed by atoms with E-state index in [9.17, 15) is 33.6 Å². The maximum Gasteiger partial charge on any atom is 0.309 e. The molecule has 0 aliphatic carbocycles. The van der Waals surface area contributed by atoms with Gasteiger partial charge in [0.05, 0.1) is 5.92 Å². The number of nitrogens with one attached hydrogen (secondary N) is 3. The first-order valence-electron chi connectivity index (χ1n) is 15.0. The topological polar surface area (TPSA) is 188 Å². The summed E-state index contributed by atoms with van der Waals surface area (Å²) < 4.78 is 5.52. The highest BCUT2D eigenvalue weighted by molar-refractivity contribution is 6.14. The van der Waals surface area contributed by atoms with Gasteiger partial charge in [0.25, 0.3) is 11.8 Å². The molecule has 0 fully saturated rings. The minimum Gasteiger partial charge on any atom is -0.481 e. The molecule has 0 aromatic heterocycles. The van der Waals surface area contributed by atoms with E-state index in [1.165, 1.54) is 6.92 Å². The number of nitrogens with zero attached hydrogens (tertiary/aromatic N) is 1. The number of carbonyl (C=O) groups is 7. The second-order valence-corrected chi connectivity index (χ2v) is 11.8. The number of carbonyl (C=O) groups excluding carboxylic acids is 6. The minimum atomic E-state index is -1.04. The first-order chi connectivity index (χ1) is 21.1. The fraction of sp³-hybridized carbons (Fsp3) is 0.531. The zero-order chi connectivity index (χ0) is 33.8. The lowest BCUT2D eigenvalue weighted by atomic mass is 9.98. The third-order valence-electron chi connectivity index (χ3n) is 7.52. The molecule has 1 aliphatic heterocycles. The Labute approximate surface area is 263 Å². The number of imide groups is 1. The predicted molar refractivity (Wildman–Crippen MR) is 164 cm³/mol. The van der Waals surface area contributed by atoms with Crippen LogP contribution in [0.25, 0.3) is 0 Å².